The number of pyridine rings is 1. The Morgan fingerprint density at radius 1 is 0.973 bits per heavy atom. The topological polar surface area (TPSA) is 132 Å². The van der Waals surface area contributed by atoms with Crippen LogP contribution in [-0.2, 0) is 16.0 Å². The number of hydrogen-bond donors (Lipinski definition) is 2. The van der Waals surface area contributed by atoms with Gasteiger partial charge in [-0.05, 0) is 49.1 Å². The van der Waals surface area contributed by atoms with Crippen LogP contribution >= 0.6 is 0 Å². The van der Waals surface area contributed by atoms with Crippen molar-refractivity contribution in [3.63, 3.8) is 0 Å². The lowest BCUT2D eigenvalue weighted by Gasteiger charge is -2.14. The van der Waals surface area contributed by atoms with E-state index in [9.17, 15) is 27.9 Å². The average Bonchev–Trinajstić information content (AvgIpc) is 2.82. The Bertz CT molecular complexity index is 1310. The third-order valence-electron chi connectivity index (χ3n) is 4.74. The summed E-state index contributed by atoms with van der Waals surface area (Å²) in [5, 5.41) is 17.4. The Kier molecular flexibility index (Phi) is 9.42. The van der Waals surface area contributed by atoms with E-state index in [4.69, 9.17) is 24.1 Å². The van der Waals surface area contributed by atoms with Crippen LogP contribution in [0.25, 0.3) is 10.8 Å². The maximum absolute atomic E-state index is 13.3. The van der Waals surface area contributed by atoms with E-state index in [0.717, 1.165) is 0 Å². The molecule has 0 radical (unpaired) electrons. The number of benzene rings is 2. The molecule has 0 spiro atoms. The number of nitrogens with zero attached hydrogens (tertiary/aromatic N) is 1. The van der Waals surface area contributed by atoms with Crippen molar-refractivity contribution in [2.24, 2.45) is 0 Å². The first kappa shape index (κ1) is 28.9. The largest absolute Gasteiger partial charge is 0.493 e. The van der Waals surface area contributed by atoms with E-state index in [0.29, 0.717) is 39.1 Å². The van der Waals surface area contributed by atoms with Crippen molar-refractivity contribution < 1.29 is 52.0 Å². The van der Waals surface area contributed by atoms with E-state index in [-0.39, 0.29) is 24.0 Å². The van der Waals surface area contributed by atoms with Crippen LogP contribution in [-0.4, -0.2) is 59.4 Å². The quantitative estimate of drug-likeness (QED) is 0.409. The molecular formula is C25H24F3NO8. The predicted molar refractivity (Wildman–Crippen MR) is 126 cm³/mol. The highest BCUT2D eigenvalue weighted by molar-refractivity contribution is 6.16. The molecule has 198 valence electrons. The van der Waals surface area contributed by atoms with E-state index in [1.54, 1.807) is 36.4 Å². The highest BCUT2D eigenvalue weighted by atomic mass is 19.4. The number of aliphatic carboxylic acids is 2. The molecular weight excluding hydrogens is 499 g/mol. The van der Waals surface area contributed by atoms with Gasteiger partial charge in [0.15, 0.2) is 11.5 Å². The fourth-order valence-electron chi connectivity index (χ4n) is 3.23. The summed E-state index contributed by atoms with van der Waals surface area (Å²) in [5.41, 5.74) is 1.09. The van der Waals surface area contributed by atoms with Gasteiger partial charge in [-0.15, -0.1) is 0 Å². The molecule has 0 saturated heterocycles. The molecule has 0 bridgehead atoms. The first-order valence-electron chi connectivity index (χ1n) is 10.6. The number of carbonyl (C=O) groups excluding carboxylic acids is 1. The van der Waals surface area contributed by atoms with E-state index < -0.39 is 18.1 Å². The zero-order valence-electron chi connectivity index (χ0n) is 20.3. The first-order chi connectivity index (χ1) is 17.3. The maximum Gasteiger partial charge on any atom is 0.490 e. The minimum atomic E-state index is -5.08. The predicted octanol–water partition coefficient (Wildman–Crippen LogP) is 4.53. The third-order valence-corrected chi connectivity index (χ3v) is 4.74. The number of carboxylic acid groups (broad SMARTS) is 2. The fraction of sp³-hybridized carbons (Fsp3) is 0.280. The molecule has 3 aromatic rings. The lowest BCUT2D eigenvalue weighted by molar-refractivity contribution is -0.192. The van der Waals surface area contributed by atoms with Gasteiger partial charge in [0.05, 0.1) is 26.7 Å². The van der Waals surface area contributed by atoms with Crippen molar-refractivity contribution in [2.75, 3.05) is 14.2 Å². The van der Waals surface area contributed by atoms with E-state index >= 15 is 0 Å². The van der Waals surface area contributed by atoms with Crippen LogP contribution in [0.4, 0.5) is 13.2 Å². The van der Waals surface area contributed by atoms with Crippen molar-refractivity contribution in [3.8, 4) is 17.2 Å². The number of aromatic nitrogens is 1. The van der Waals surface area contributed by atoms with Gasteiger partial charge >= 0.3 is 18.1 Å². The maximum atomic E-state index is 13.3. The molecule has 2 N–H and O–H groups in total. The Hall–Kier alpha value is -4.35. The van der Waals surface area contributed by atoms with Gasteiger partial charge < -0.3 is 24.4 Å². The van der Waals surface area contributed by atoms with Gasteiger partial charge in [0.25, 0.3) is 0 Å². The summed E-state index contributed by atoms with van der Waals surface area (Å²) >= 11 is 0. The van der Waals surface area contributed by atoms with Crippen LogP contribution < -0.4 is 14.2 Å². The van der Waals surface area contributed by atoms with Crippen LogP contribution in [0.1, 0.15) is 35.5 Å². The summed E-state index contributed by atoms with van der Waals surface area (Å²) < 4.78 is 48.1. The van der Waals surface area contributed by atoms with Crippen LogP contribution in [0.5, 0.6) is 17.2 Å². The van der Waals surface area contributed by atoms with Crippen molar-refractivity contribution in [1.29, 1.82) is 0 Å². The molecule has 9 nitrogen and oxygen atoms in total. The minimum absolute atomic E-state index is 0.0265. The van der Waals surface area contributed by atoms with Crippen LogP contribution in [0.15, 0.2) is 42.6 Å². The molecule has 0 aliphatic carbocycles. The molecule has 0 saturated carbocycles. The zero-order valence-corrected chi connectivity index (χ0v) is 20.3. The van der Waals surface area contributed by atoms with Crippen molar-refractivity contribution in [2.45, 2.75) is 32.5 Å². The molecule has 0 aliphatic heterocycles. The molecule has 3 rings (SSSR count). The molecule has 0 atom stereocenters. The molecule has 1 heterocycles. The Morgan fingerprint density at radius 3 is 2.03 bits per heavy atom. The fourth-order valence-corrected chi connectivity index (χ4v) is 3.23. The van der Waals surface area contributed by atoms with Crippen LogP contribution in [0, 0.1) is 0 Å². The molecule has 1 aromatic heterocycles. The van der Waals surface area contributed by atoms with Crippen LogP contribution in [0.3, 0.4) is 0 Å². The first-order valence-corrected chi connectivity index (χ1v) is 10.6. The number of methoxy groups -OCH3 is 2. The number of halogens is 3. The molecule has 2 aromatic carbocycles. The van der Waals surface area contributed by atoms with E-state index in [2.05, 4.69) is 4.98 Å². The van der Waals surface area contributed by atoms with Crippen molar-refractivity contribution >= 4 is 28.5 Å². The standard InChI is InChI=1S/C23H23NO6.C2HF3O2/c1-13(2)30-16-7-5-6-14(8-16)23(27)22-18-11-20(29-4)19(28-3)10-17(18)15(12-24-22)9-21(25)26;3-2(4,5)1(6)7/h5-8,10-13H,9H2,1-4H3,(H,25,26);(H,6,7). The number of carbonyl (C=O) groups is 3. The van der Waals surface area contributed by atoms with Gasteiger partial charge in [-0.25, -0.2) is 4.79 Å². The van der Waals surface area contributed by atoms with Gasteiger partial charge in [0.2, 0.25) is 5.78 Å². The second kappa shape index (κ2) is 12.1. The molecule has 12 heteroatoms. The second-order valence-electron chi connectivity index (χ2n) is 7.78. The van der Waals surface area contributed by atoms with Gasteiger partial charge in [0.1, 0.15) is 11.4 Å². The molecule has 0 fully saturated rings. The lowest BCUT2D eigenvalue weighted by atomic mass is 9.98. The Balaban J connectivity index is 0.000000604. The van der Waals surface area contributed by atoms with E-state index in [1.165, 1.54) is 20.4 Å². The summed E-state index contributed by atoms with van der Waals surface area (Å²) in [7, 11) is 2.99. The second-order valence-corrected chi connectivity index (χ2v) is 7.78. The van der Waals surface area contributed by atoms with Gasteiger partial charge in [-0.2, -0.15) is 13.2 Å². The Morgan fingerprint density at radius 2 is 1.54 bits per heavy atom. The summed E-state index contributed by atoms with van der Waals surface area (Å²) in [6.07, 6.45) is -3.92. The number of alkyl halides is 3. The number of carboxylic acids is 2. The van der Waals surface area contributed by atoms with Gasteiger partial charge in [0, 0.05) is 17.1 Å². The number of ether oxygens (including phenoxy) is 3. The summed E-state index contributed by atoms with van der Waals surface area (Å²) in [6.45, 7) is 3.81. The normalized spacial score (nSPS) is 10.9. The molecule has 0 unspecified atom stereocenters. The van der Waals surface area contributed by atoms with E-state index in [1.807, 2.05) is 13.8 Å². The minimum Gasteiger partial charge on any atom is -0.493 e. The summed E-state index contributed by atoms with van der Waals surface area (Å²) in [5.74, 6) is -2.61. The highest BCUT2D eigenvalue weighted by Gasteiger charge is 2.38. The van der Waals surface area contributed by atoms with Crippen LogP contribution in [0.2, 0.25) is 0 Å². The van der Waals surface area contributed by atoms with Crippen molar-refractivity contribution in [1.82, 2.24) is 4.98 Å². The zero-order chi connectivity index (χ0) is 27.9. The molecule has 0 aliphatic rings. The summed E-state index contributed by atoms with van der Waals surface area (Å²) in [6, 6.07) is 10.2. The number of ketones is 1. The smallest absolute Gasteiger partial charge is 0.490 e. The Labute approximate surface area is 209 Å². The van der Waals surface area contributed by atoms with Gasteiger partial charge in [-0.3, -0.25) is 14.6 Å². The molecule has 0 amide bonds. The highest BCUT2D eigenvalue weighted by Crippen LogP contribution is 2.35. The summed E-state index contributed by atoms with van der Waals surface area (Å²) in [4.78, 5) is 37.8. The number of hydrogen-bond acceptors (Lipinski definition) is 7. The number of rotatable bonds is 8. The average molecular weight is 523 g/mol. The van der Waals surface area contributed by atoms with Crippen molar-refractivity contribution in [3.05, 3.63) is 59.4 Å². The monoisotopic (exact) mass is 523 g/mol. The third kappa shape index (κ3) is 7.56. The number of fused-ring (bicyclic) bond motifs is 1. The lowest BCUT2D eigenvalue weighted by Crippen LogP contribution is -2.21. The van der Waals surface area contributed by atoms with Gasteiger partial charge in [-0.1, -0.05) is 12.1 Å². The molecule has 37 heavy (non-hydrogen) atoms. The SMILES string of the molecule is COc1cc2c(CC(=O)O)cnc(C(=O)c3cccc(OC(C)C)c3)c2cc1OC.O=C(O)C(F)(F)F.